The minimum atomic E-state index is 0.933. The van der Waals surface area contributed by atoms with Crippen LogP contribution in [0.2, 0.25) is 0 Å². The summed E-state index contributed by atoms with van der Waals surface area (Å²) in [7, 11) is 0. The van der Waals surface area contributed by atoms with Gasteiger partial charge in [0, 0.05) is 109 Å². The summed E-state index contributed by atoms with van der Waals surface area (Å²) in [5, 5.41) is 24.5. The van der Waals surface area contributed by atoms with Crippen LogP contribution >= 0.6 is 0 Å². The minimum absolute atomic E-state index is 0.933. The van der Waals surface area contributed by atoms with Crippen molar-refractivity contribution in [3.63, 3.8) is 0 Å². The molecule has 98 heavy (non-hydrogen) atoms. The van der Waals surface area contributed by atoms with Gasteiger partial charge in [0.15, 0.2) is 0 Å². The highest BCUT2D eigenvalue weighted by Crippen LogP contribution is 2.52. The SMILES string of the molecule is c1ccc(-n2c3ccccc3c3cc(-n4c5ccccc5c5cc6c7c(-c8cccc(-n9c%10ccc(-n%11c%12ccccc%12c%12cc%13c%14ccccc%14n%14c%15ccc%16ccccc%16c%15c(c%12%11)c%13%14)cc%10c%10ccncc%109)c8)cccc7n7c8ccc9ccccc9c8c(c54)c67)cnc32)cc1. The number of hydrogen-bond acceptors (Lipinski definition) is 2. The van der Waals surface area contributed by atoms with Crippen LogP contribution in [-0.2, 0) is 0 Å². The number of nitrogens with zero attached hydrogens (tertiary/aromatic N) is 8. The second-order valence-electron chi connectivity index (χ2n) is 26.8. The summed E-state index contributed by atoms with van der Waals surface area (Å²) in [5.41, 5.74) is 22.9. The molecule has 0 atom stereocenters. The van der Waals surface area contributed by atoms with Crippen molar-refractivity contribution in [2.75, 3.05) is 0 Å². The van der Waals surface area contributed by atoms with Crippen LogP contribution < -0.4 is 0 Å². The first-order valence-corrected chi connectivity index (χ1v) is 33.7. The Morgan fingerprint density at radius 3 is 1.41 bits per heavy atom. The zero-order chi connectivity index (χ0) is 63.3. The lowest BCUT2D eigenvalue weighted by molar-refractivity contribution is 1.11. The summed E-state index contributed by atoms with van der Waals surface area (Å²) >= 11 is 0. The van der Waals surface area contributed by atoms with Crippen LogP contribution in [0.1, 0.15) is 0 Å². The van der Waals surface area contributed by atoms with E-state index < -0.39 is 0 Å². The van der Waals surface area contributed by atoms with Crippen molar-refractivity contribution in [2.45, 2.75) is 0 Å². The topological polar surface area (TPSA) is 54.3 Å². The fourth-order valence-corrected chi connectivity index (χ4v) is 18.3. The quantitative estimate of drug-likeness (QED) is 0.172. The number of benzene rings is 14. The third kappa shape index (κ3) is 6.31. The average Bonchev–Trinajstić information content (AvgIpc) is 1.51. The van der Waals surface area contributed by atoms with Crippen molar-refractivity contribution >= 4 is 185 Å². The van der Waals surface area contributed by atoms with Gasteiger partial charge in [-0.25, -0.2) is 4.98 Å². The van der Waals surface area contributed by atoms with Gasteiger partial charge in [-0.3, -0.25) is 9.55 Å². The van der Waals surface area contributed by atoms with Gasteiger partial charge in [0.05, 0.1) is 89.8 Å². The number of pyridine rings is 2. The van der Waals surface area contributed by atoms with Crippen LogP contribution in [0.15, 0.2) is 304 Å². The molecular weight excluding hydrogens is 1190 g/mol. The maximum atomic E-state index is 5.43. The van der Waals surface area contributed by atoms with Crippen molar-refractivity contribution in [2.24, 2.45) is 0 Å². The molecule has 10 aromatic heterocycles. The molecule has 0 saturated carbocycles. The molecule has 0 fully saturated rings. The molecule has 0 aliphatic rings. The molecule has 0 aliphatic carbocycles. The lowest BCUT2D eigenvalue weighted by Crippen LogP contribution is -1.98. The van der Waals surface area contributed by atoms with E-state index in [-0.39, 0.29) is 0 Å². The van der Waals surface area contributed by atoms with E-state index in [0.29, 0.717) is 0 Å². The van der Waals surface area contributed by atoms with Gasteiger partial charge in [0.25, 0.3) is 0 Å². The molecule has 24 aromatic rings. The Labute approximate surface area is 556 Å². The monoisotopic (exact) mass is 1240 g/mol. The van der Waals surface area contributed by atoms with Gasteiger partial charge in [-0.1, -0.05) is 176 Å². The molecule has 0 saturated heterocycles. The van der Waals surface area contributed by atoms with Crippen molar-refractivity contribution in [1.29, 1.82) is 0 Å². The third-order valence-corrected chi connectivity index (χ3v) is 22.1. The molecule has 24 rings (SSSR count). The van der Waals surface area contributed by atoms with E-state index in [1.165, 1.54) is 147 Å². The van der Waals surface area contributed by atoms with Gasteiger partial charge in [-0.05, 0) is 142 Å². The van der Waals surface area contributed by atoms with Crippen molar-refractivity contribution in [3.05, 3.63) is 304 Å². The third-order valence-electron chi connectivity index (χ3n) is 22.1. The molecule has 0 unspecified atom stereocenters. The van der Waals surface area contributed by atoms with E-state index in [1.54, 1.807) is 0 Å². The maximum Gasteiger partial charge on any atom is 0.145 e. The Kier molecular flexibility index (Phi) is 9.57. The van der Waals surface area contributed by atoms with E-state index in [9.17, 15) is 0 Å². The highest BCUT2D eigenvalue weighted by molar-refractivity contribution is 6.40. The minimum Gasteiger partial charge on any atom is -0.309 e. The van der Waals surface area contributed by atoms with Crippen LogP contribution in [0, 0.1) is 0 Å². The van der Waals surface area contributed by atoms with Gasteiger partial charge < -0.3 is 22.5 Å². The average molecular weight is 1240 g/mol. The lowest BCUT2D eigenvalue weighted by Gasteiger charge is -2.13. The Morgan fingerprint density at radius 2 is 0.704 bits per heavy atom. The molecule has 450 valence electrons. The Morgan fingerprint density at radius 1 is 0.224 bits per heavy atom. The number of rotatable bonds is 5. The van der Waals surface area contributed by atoms with Gasteiger partial charge in [-0.15, -0.1) is 0 Å². The van der Waals surface area contributed by atoms with Gasteiger partial charge >= 0.3 is 0 Å². The normalized spacial score (nSPS) is 12.7. The molecule has 0 amide bonds. The maximum absolute atomic E-state index is 5.43. The van der Waals surface area contributed by atoms with Crippen LogP contribution in [0.25, 0.3) is 219 Å². The molecule has 10 heterocycles. The summed E-state index contributed by atoms with van der Waals surface area (Å²) in [6.07, 6.45) is 6.08. The number of hydrogen-bond donors (Lipinski definition) is 0. The molecule has 0 bridgehead atoms. The largest absolute Gasteiger partial charge is 0.309 e. The van der Waals surface area contributed by atoms with Crippen molar-refractivity contribution in [1.82, 2.24) is 37.0 Å². The predicted octanol–water partition coefficient (Wildman–Crippen LogP) is 23.1. The summed E-state index contributed by atoms with van der Waals surface area (Å²) in [6, 6.07) is 106. The van der Waals surface area contributed by atoms with Gasteiger partial charge in [0.1, 0.15) is 5.65 Å². The summed E-state index contributed by atoms with van der Waals surface area (Å²) in [5.74, 6) is 0. The zero-order valence-corrected chi connectivity index (χ0v) is 52.4. The van der Waals surface area contributed by atoms with Crippen molar-refractivity contribution < 1.29 is 0 Å². The zero-order valence-electron chi connectivity index (χ0n) is 52.4. The highest BCUT2D eigenvalue weighted by Gasteiger charge is 2.30. The van der Waals surface area contributed by atoms with Crippen molar-refractivity contribution in [3.8, 4) is 33.9 Å². The summed E-state index contributed by atoms with van der Waals surface area (Å²) < 4.78 is 14.9. The second kappa shape index (κ2) is 18.3. The van der Waals surface area contributed by atoms with E-state index in [4.69, 9.17) is 9.97 Å². The Balaban J connectivity index is 0.734. The standard InChI is InChI=1S/C90H50N8/c1-2-21-54(22-3-1)96-74-33-14-11-29-64(74)70-46-57(49-92-90(70)96)95-73-32-13-9-27-62(73)69-48-71-81-60(30-17-35-77(81)98-79-40-37-52-19-5-7-25-59(52)83(79)85(87(69)95)89(71)98)53-20-16-23-55(44-53)93-76-41-38-56(45-66(76)65-42-43-91-50-80(65)93)94-72-31-12-8-26-61(72)67-47-68-63-28-10-15-34-75(63)97-78-39-36-51-18-4-6-24-58(51)82(78)84(86(67)94)88(68)97/h1-50H. The van der Waals surface area contributed by atoms with Gasteiger partial charge in [0.2, 0.25) is 0 Å². The van der Waals surface area contributed by atoms with Crippen LogP contribution in [-0.4, -0.2) is 37.0 Å². The molecule has 0 aliphatic heterocycles. The molecule has 0 spiro atoms. The number of para-hydroxylation sites is 5. The molecule has 0 radical (unpaired) electrons. The fourth-order valence-electron chi connectivity index (χ4n) is 18.3. The smallest absolute Gasteiger partial charge is 0.145 e. The predicted molar refractivity (Wildman–Crippen MR) is 409 cm³/mol. The molecule has 0 N–H and O–H groups in total. The highest BCUT2D eigenvalue weighted by atomic mass is 15.1. The second-order valence-corrected chi connectivity index (χ2v) is 26.8. The molecule has 14 aromatic carbocycles. The number of aromatic nitrogens is 8. The van der Waals surface area contributed by atoms with E-state index >= 15 is 0 Å². The van der Waals surface area contributed by atoms with Gasteiger partial charge in [-0.2, -0.15) is 0 Å². The van der Waals surface area contributed by atoms with E-state index in [1.807, 2.05) is 12.4 Å². The molecule has 8 heteroatoms. The first-order chi connectivity index (χ1) is 48.7. The fraction of sp³-hybridized carbons (Fsp3) is 0. The summed E-state index contributed by atoms with van der Waals surface area (Å²) in [6.45, 7) is 0. The lowest BCUT2D eigenvalue weighted by atomic mass is 9.96. The Bertz CT molecular complexity index is 7680. The first-order valence-electron chi connectivity index (χ1n) is 33.7. The van der Waals surface area contributed by atoms with Crippen LogP contribution in [0.5, 0.6) is 0 Å². The summed E-state index contributed by atoms with van der Waals surface area (Å²) in [4.78, 5) is 10.3. The van der Waals surface area contributed by atoms with E-state index in [0.717, 1.165) is 72.2 Å². The van der Waals surface area contributed by atoms with Crippen LogP contribution in [0.3, 0.4) is 0 Å². The molecule has 8 nitrogen and oxygen atoms in total. The van der Waals surface area contributed by atoms with Crippen LogP contribution in [0.4, 0.5) is 0 Å². The molecular formula is C90H50N8. The first kappa shape index (κ1) is 51.2. The Hall–Kier alpha value is -13.3. The van der Waals surface area contributed by atoms with E-state index in [2.05, 4.69) is 318 Å². The number of fused-ring (bicyclic) bond motifs is 30.